The smallest absolute Gasteiger partial charge is 0.142 e. The van der Waals surface area contributed by atoms with Gasteiger partial charge < -0.3 is 0 Å². The summed E-state index contributed by atoms with van der Waals surface area (Å²) in [6.07, 6.45) is 3.96. The zero-order valence-corrected chi connectivity index (χ0v) is 7.51. The summed E-state index contributed by atoms with van der Waals surface area (Å²) in [5.41, 5.74) is 2.01. The number of rotatable bonds is 2. The van der Waals surface area contributed by atoms with Gasteiger partial charge in [-0.15, -0.1) is 0 Å². The largest absolute Gasteiger partial charge is 0.299 e. The first-order valence-electron chi connectivity index (χ1n) is 3.62. The van der Waals surface area contributed by atoms with Crippen LogP contribution in [0.2, 0.25) is 5.02 Å². The molecule has 0 bridgehead atoms. The number of carbonyl (C=O) groups excluding carboxylic acids is 1. The lowest BCUT2D eigenvalue weighted by Crippen LogP contribution is -1.77. The van der Waals surface area contributed by atoms with Crippen molar-refractivity contribution in [3.8, 4) is 0 Å². The number of hydrogen-bond acceptors (Lipinski definition) is 1. The highest BCUT2D eigenvalue weighted by Crippen LogP contribution is 2.16. The van der Waals surface area contributed by atoms with Crippen molar-refractivity contribution in [2.45, 2.75) is 6.92 Å². The van der Waals surface area contributed by atoms with Crippen molar-refractivity contribution in [2.75, 3.05) is 0 Å². The lowest BCUT2D eigenvalue weighted by molar-refractivity contribution is -0.104. The number of halogens is 1. The highest BCUT2D eigenvalue weighted by molar-refractivity contribution is 6.31. The van der Waals surface area contributed by atoms with Crippen LogP contribution in [0, 0.1) is 6.92 Å². The Hall–Kier alpha value is -1.08. The Bertz CT molecular complexity index is 316. The molecule has 0 aromatic heterocycles. The van der Waals surface area contributed by atoms with Crippen LogP contribution in [0.3, 0.4) is 0 Å². The van der Waals surface area contributed by atoms with Crippen LogP contribution < -0.4 is 0 Å². The van der Waals surface area contributed by atoms with E-state index in [0.29, 0.717) is 0 Å². The maximum atomic E-state index is 10.0. The van der Waals surface area contributed by atoms with Crippen LogP contribution in [-0.4, -0.2) is 6.29 Å². The Kier molecular flexibility index (Phi) is 3.06. The first-order chi connectivity index (χ1) is 5.74. The molecule has 0 atom stereocenters. The van der Waals surface area contributed by atoms with Crippen LogP contribution in [0.25, 0.3) is 6.08 Å². The minimum absolute atomic E-state index is 0.748. The molecule has 0 saturated carbocycles. The lowest BCUT2D eigenvalue weighted by atomic mass is 10.1. The minimum Gasteiger partial charge on any atom is -0.299 e. The molecule has 0 fully saturated rings. The molecule has 2 heteroatoms. The van der Waals surface area contributed by atoms with E-state index in [1.165, 1.54) is 6.08 Å². The molecule has 0 aliphatic carbocycles. The summed E-state index contributed by atoms with van der Waals surface area (Å²) < 4.78 is 0. The van der Waals surface area contributed by atoms with Gasteiger partial charge in [-0.25, -0.2) is 0 Å². The van der Waals surface area contributed by atoms with Gasteiger partial charge in [0.1, 0.15) is 6.29 Å². The number of carbonyl (C=O) groups is 1. The van der Waals surface area contributed by atoms with Gasteiger partial charge >= 0.3 is 0 Å². The second kappa shape index (κ2) is 4.07. The third kappa shape index (κ3) is 2.21. The van der Waals surface area contributed by atoms with Gasteiger partial charge in [0.2, 0.25) is 0 Å². The van der Waals surface area contributed by atoms with E-state index in [4.69, 9.17) is 11.6 Å². The Morgan fingerprint density at radius 1 is 1.42 bits per heavy atom. The molecule has 12 heavy (non-hydrogen) atoms. The molecule has 0 aliphatic heterocycles. The standard InChI is InChI=1S/C10H9ClO/c1-8-7-9(3-2-6-12)4-5-10(8)11/h2-7H,1H3. The zero-order chi connectivity index (χ0) is 8.97. The molecular formula is C10H9ClO. The molecule has 0 aliphatic rings. The fourth-order valence-electron chi connectivity index (χ4n) is 0.922. The zero-order valence-electron chi connectivity index (χ0n) is 6.75. The molecule has 62 valence electrons. The Morgan fingerprint density at radius 2 is 2.17 bits per heavy atom. The summed E-state index contributed by atoms with van der Waals surface area (Å²) in [6.45, 7) is 1.93. The predicted molar refractivity (Wildman–Crippen MR) is 51.3 cm³/mol. The molecule has 0 amide bonds. The molecule has 0 radical (unpaired) electrons. The molecule has 0 spiro atoms. The van der Waals surface area contributed by atoms with E-state index in [1.54, 1.807) is 6.08 Å². The molecule has 0 heterocycles. The van der Waals surface area contributed by atoms with E-state index < -0.39 is 0 Å². The summed E-state index contributed by atoms with van der Waals surface area (Å²) in [7, 11) is 0. The number of allylic oxidation sites excluding steroid dienone is 1. The van der Waals surface area contributed by atoms with Gasteiger partial charge in [0.15, 0.2) is 0 Å². The van der Waals surface area contributed by atoms with Crippen molar-refractivity contribution in [2.24, 2.45) is 0 Å². The highest BCUT2D eigenvalue weighted by atomic mass is 35.5. The third-order valence-electron chi connectivity index (χ3n) is 1.55. The quantitative estimate of drug-likeness (QED) is 0.505. The summed E-state index contributed by atoms with van der Waals surface area (Å²) in [6, 6.07) is 5.62. The first kappa shape index (κ1) is 9.01. The molecule has 1 aromatic rings. The summed E-state index contributed by atoms with van der Waals surface area (Å²) in [4.78, 5) is 10.0. The summed E-state index contributed by atoms with van der Waals surface area (Å²) in [5, 5.41) is 0.748. The highest BCUT2D eigenvalue weighted by Gasteiger charge is 1.93. The predicted octanol–water partition coefficient (Wildman–Crippen LogP) is 2.86. The van der Waals surface area contributed by atoms with Crippen LogP contribution in [0.15, 0.2) is 24.3 Å². The molecule has 0 N–H and O–H groups in total. The number of benzene rings is 1. The van der Waals surface area contributed by atoms with Gasteiger partial charge in [-0.05, 0) is 30.2 Å². The van der Waals surface area contributed by atoms with Crippen LogP contribution in [0.1, 0.15) is 11.1 Å². The average molecular weight is 181 g/mol. The second-order valence-corrected chi connectivity index (χ2v) is 2.91. The molecule has 1 rings (SSSR count). The Labute approximate surface area is 76.7 Å². The van der Waals surface area contributed by atoms with Crippen molar-refractivity contribution >= 4 is 24.0 Å². The first-order valence-corrected chi connectivity index (χ1v) is 4.00. The van der Waals surface area contributed by atoms with Crippen LogP contribution >= 0.6 is 11.6 Å². The van der Waals surface area contributed by atoms with Gasteiger partial charge in [0.05, 0.1) is 0 Å². The molecule has 1 aromatic carbocycles. The molecule has 0 saturated heterocycles. The van der Waals surface area contributed by atoms with E-state index in [0.717, 1.165) is 22.4 Å². The van der Waals surface area contributed by atoms with Crippen molar-refractivity contribution in [1.82, 2.24) is 0 Å². The summed E-state index contributed by atoms with van der Waals surface area (Å²) >= 11 is 5.82. The van der Waals surface area contributed by atoms with Crippen LogP contribution in [0.4, 0.5) is 0 Å². The van der Waals surface area contributed by atoms with Crippen LogP contribution in [0.5, 0.6) is 0 Å². The third-order valence-corrected chi connectivity index (χ3v) is 1.97. The average Bonchev–Trinajstić information content (AvgIpc) is 2.07. The normalized spacial score (nSPS) is 10.5. The number of hydrogen-bond donors (Lipinski definition) is 0. The van der Waals surface area contributed by atoms with Crippen molar-refractivity contribution in [3.05, 3.63) is 40.4 Å². The monoisotopic (exact) mass is 180 g/mol. The fourth-order valence-corrected chi connectivity index (χ4v) is 1.04. The van der Waals surface area contributed by atoms with Gasteiger partial charge in [0.25, 0.3) is 0 Å². The second-order valence-electron chi connectivity index (χ2n) is 2.50. The van der Waals surface area contributed by atoms with Crippen molar-refractivity contribution in [1.29, 1.82) is 0 Å². The number of aryl methyl sites for hydroxylation is 1. The van der Waals surface area contributed by atoms with Crippen LogP contribution in [-0.2, 0) is 4.79 Å². The Morgan fingerprint density at radius 3 is 2.75 bits per heavy atom. The summed E-state index contributed by atoms with van der Waals surface area (Å²) in [5.74, 6) is 0. The molecule has 0 unspecified atom stereocenters. The lowest BCUT2D eigenvalue weighted by Gasteiger charge is -1.97. The SMILES string of the molecule is Cc1cc(C=CC=O)ccc1Cl. The maximum Gasteiger partial charge on any atom is 0.142 e. The topological polar surface area (TPSA) is 17.1 Å². The van der Waals surface area contributed by atoms with E-state index in [1.807, 2.05) is 25.1 Å². The fraction of sp³-hybridized carbons (Fsp3) is 0.100. The van der Waals surface area contributed by atoms with Gasteiger partial charge in [-0.1, -0.05) is 29.8 Å². The van der Waals surface area contributed by atoms with E-state index in [9.17, 15) is 4.79 Å². The number of aldehydes is 1. The van der Waals surface area contributed by atoms with Crippen molar-refractivity contribution in [3.63, 3.8) is 0 Å². The molecule has 1 nitrogen and oxygen atoms in total. The maximum absolute atomic E-state index is 10.0. The van der Waals surface area contributed by atoms with Gasteiger partial charge in [0, 0.05) is 5.02 Å². The molecular weight excluding hydrogens is 172 g/mol. The van der Waals surface area contributed by atoms with E-state index in [2.05, 4.69) is 0 Å². The van der Waals surface area contributed by atoms with Crippen molar-refractivity contribution < 1.29 is 4.79 Å². The minimum atomic E-state index is 0.748. The van der Waals surface area contributed by atoms with Gasteiger partial charge in [-0.3, -0.25) is 4.79 Å². The van der Waals surface area contributed by atoms with E-state index >= 15 is 0 Å². The Balaban J connectivity index is 2.96. The van der Waals surface area contributed by atoms with E-state index in [-0.39, 0.29) is 0 Å². The van der Waals surface area contributed by atoms with Gasteiger partial charge in [-0.2, -0.15) is 0 Å².